The Morgan fingerprint density at radius 2 is 1.76 bits per heavy atom. The fourth-order valence-corrected chi connectivity index (χ4v) is 1.98. The third kappa shape index (κ3) is 2.84. The van der Waals surface area contributed by atoms with Crippen LogP contribution in [-0.4, -0.2) is 54.0 Å². The summed E-state index contributed by atoms with van der Waals surface area (Å²) in [6.45, 7) is 3.12. The second kappa shape index (κ2) is 5.29. The number of rotatable bonds is 2. The van der Waals surface area contributed by atoms with Gasteiger partial charge in [-0.3, -0.25) is 4.79 Å². The van der Waals surface area contributed by atoms with E-state index in [4.69, 9.17) is 0 Å². The molecule has 1 aromatic rings. The molecule has 1 saturated heterocycles. The van der Waals surface area contributed by atoms with E-state index in [2.05, 4.69) is 4.90 Å². The van der Waals surface area contributed by atoms with Crippen molar-refractivity contribution in [2.24, 2.45) is 0 Å². The van der Waals surface area contributed by atoms with Gasteiger partial charge in [0.05, 0.1) is 0 Å². The van der Waals surface area contributed by atoms with Crippen LogP contribution in [0.3, 0.4) is 0 Å². The Bertz CT molecular complexity index is 372. The van der Waals surface area contributed by atoms with Crippen molar-refractivity contribution in [1.29, 1.82) is 0 Å². The predicted octanol–water partition coefficient (Wildman–Crippen LogP) is 0.494. The molecule has 92 valence electrons. The van der Waals surface area contributed by atoms with E-state index in [-0.39, 0.29) is 5.91 Å². The molecule has 0 bridgehead atoms. The van der Waals surface area contributed by atoms with E-state index in [1.54, 1.807) is 17.0 Å². The first kappa shape index (κ1) is 12.1. The highest BCUT2D eigenvalue weighted by molar-refractivity contribution is 5.82. The first-order valence-corrected chi connectivity index (χ1v) is 5.89. The van der Waals surface area contributed by atoms with Gasteiger partial charge < -0.3 is 14.9 Å². The molecule has 2 rings (SSSR count). The Kier molecular flexibility index (Phi) is 3.76. The van der Waals surface area contributed by atoms with Crippen molar-refractivity contribution >= 4 is 5.91 Å². The smallest absolute Gasteiger partial charge is 0.256 e. The van der Waals surface area contributed by atoms with E-state index in [9.17, 15) is 9.90 Å². The summed E-state index contributed by atoms with van der Waals surface area (Å²) >= 11 is 0. The van der Waals surface area contributed by atoms with Crippen LogP contribution in [0.1, 0.15) is 11.7 Å². The summed E-state index contributed by atoms with van der Waals surface area (Å²) in [4.78, 5) is 16.0. The lowest BCUT2D eigenvalue weighted by Crippen LogP contribution is -2.48. The summed E-state index contributed by atoms with van der Waals surface area (Å²) < 4.78 is 0. The average molecular weight is 234 g/mol. The molecule has 1 N–H and O–H groups in total. The molecule has 0 saturated carbocycles. The van der Waals surface area contributed by atoms with Gasteiger partial charge in [0.25, 0.3) is 5.91 Å². The van der Waals surface area contributed by atoms with Crippen molar-refractivity contribution in [1.82, 2.24) is 9.80 Å². The molecule has 0 aliphatic carbocycles. The number of aliphatic hydroxyl groups excluding tert-OH is 1. The minimum atomic E-state index is -1.03. The molecule has 1 aromatic carbocycles. The van der Waals surface area contributed by atoms with Crippen LogP contribution in [0.5, 0.6) is 0 Å². The molecule has 1 unspecified atom stereocenters. The Labute approximate surface area is 101 Å². The van der Waals surface area contributed by atoms with Gasteiger partial charge in [-0.15, -0.1) is 0 Å². The number of benzene rings is 1. The molecule has 0 aromatic heterocycles. The number of amides is 1. The number of aliphatic hydroxyl groups is 1. The quantitative estimate of drug-likeness (QED) is 0.810. The third-order valence-corrected chi connectivity index (χ3v) is 3.16. The first-order chi connectivity index (χ1) is 8.18. The summed E-state index contributed by atoms with van der Waals surface area (Å²) in [6.07, 6.45) is -1.03. The van der Waals surface area contributed by atoms with E-state index in [0.717, 1.165) is 13.1 Å². The lowest BCUT2D eigenvalue weighted by Gasteiger charge is -2.33. The summed E-state index contributed by atoms with van der Waals surface area (Å²) in [5.41, 5.74) is 0.663. The van der Waals surface area contributed by atoms with E-state index in [1.165, 1.54) is 0 Å². The van der Waals surface area contributed by atoms with Crippen LogP contribution in [0.15, 0.2) is 30.3 Å². The monoisotopic (exact) mass is 234 g/mol. The lowest BCUT2D eigenvalue weighted by molar-refractivity contribution is -0.142. The molecule has 4 nitrogen and oxygen atoms in total. The highest BCUT2D eigenvalue weighted by atomic mass is 16.3. The zero-order valence-corrected chi connectivity index (χ0v) is 10.0. The number of carbonyl (C=O) groups is 1. The highest BCUT2D eigenvalue weighted by Crippen LogP contribution is 2.16. The molecule has 1 aliphatic heterocycles. The summed E-state index contributed by atoms with van der Waals surface area (Å²) in [6, 6.07) is 9.08. The molecule has 17 heavy (non-hydrogen) atoms. The number of nitrogens with zero attached hydrogens (tertiary/aromatic N) is 2. The van der Waals surface area contributed by atoms with Gasteiger partial charge in [-0.2, -0.15) is 0 Å². The number of hydrogen-bond acceptors (Lipinski definition) is 3. The summed E-state index contributed by atoms with van der Waals surface area (Å²) in [5.74, 6) is -0.190. The van der Waals surface area contributed by atoms with Gasteiger partial charge in [0, 0.05) is 26.2 Å². The summed E-state index contributed by atoms with van der Waals surface area (Å²) in [5, 5.41) is 10.0. The molecule has 1 amide bonds. The fraction of sp³-hybridized carbons (Fsp3) is 0.462. The van der Waals surface area contributed by atoms with Gasteiger partial charge in [-0.1, -0.05) is 30.3 Å². The van der Waals surface area contributed by atoms with E-state index >= 15 is 0 Å². The molecule has 1 heterocycles. The minimum Gasteiger partial charge on any atom is -0.378 e. The molecule has 1 fully saturated rings. The van der Waals surface area contributed by atoms with Crippen LogP contribution in [0.2, 0.25) is 0 Å². The maximum Gasteiger partial charge on any atom is 0.256 e. The minimum absolute atomic E-state index is 0.190. The van der Waals surface area contributed by atoms with Crippen molar-refractivity contribution in [3.8, 4) is 0 Å². The van der Waals surface area contributed by atoms with E-state index < -0.39 is 6.10 Å². The standard InChI is InChI=1S/C13H18N2O2/c1-14-7-9-15(10-8-14)13(17)12(16)11-5-3-2-4-6-11/h2-6,12,16H,7-10H2,1H3. The van der Waals surface area contributed by atoms with Gasteiger partial charge in [0.15, 0.2) is 6.10 Å². The van der Waals surface area contributed by atoms with Gasteiger partial charge in [-0.05, 0) is 12.6 Å². The van der Waals surface area contributed by atoms with Crippen molar-refractivity contribution in [3.63, 3.8) is 0 Å². The third-order valence-electron chi connectivity index (χ3n) is 3.16. The number of hydrogen-bond donors (Lipinski definition) is 1. The second-order valence-electron chi connectivity index (χ2n) is 4.44. The Hall–Kier alpha value is -1.39. The molecular formula is C13H18N2O2. The van der Waals surface area contributed by atoms with Gasteiger partial charge in [0.1, 0.15) is 0 Å². The molecule has 0 radical (unpaired) electrons. The molecule has 0 spiro atoms. The molecule has 1 aliphatic rings. The largest absolute Gasteiger partial charge is 0.378 e. The zero-order valence-electron chi connectivity index (χ0n) is 10.0. The van der Waals surface area contributed by atoms with Gasteiger partial charge in [0.2, 0.25) is 0 Å². The molecular weight excluding hydrogens is 216 g/mol. The lowest BCUT2D eigenvalue weighted by atomic mass is 10.1. The number of piperazine rings is 1. The van der Waals surface area contributed by atoms with Crippen LogP contribution in [-0.2, 0) is 4.79 Å². The van der Waals surface area contributed by atoms with Crippen molar-refractivity contribution in [3.05, 3.63) is 35.9 Å². The molecule has 1 atom stereocenters. The van der Waals surface area contributed by atoms with Crippen molar-refractivity contribution < 1.29 is 9.90 Å². The summed E-state index contributed by atoms with van der Waals surface area (Å²) in [7, 11) is 2.04. The number of likely N-dealkylation sites (N-methyl/N-ethyl adjacent to an activating group) is 1. The maximum atomic E-state index is 12.1. The van der Waals surface area contributed by atoms with E-state index in [1.807, 2.05) is 25.2 Å². The van der Waals surface area contributed by atoms with Crippen molar-refractivity contribution in [2.45, 2.75) is 6.10 Å². The Morgan fingerprint density at radius 3 is 2.35 bits per heavy atom. The van der Waals surface area contributed by atoms with E-state index in [0.29, 0.717) is 18.7 Å². The Morgan fingerprint density at radius 1 is 1.18 bits per heavy atom. The first-order valence-electron chi connectivity index (χ1n) is 5.89. The van der Waals surface area contributed by atoms with Crippen LogP contribution >= 0.6 is 0 Å². The van der Waals surface area contributed by atoms with Gasteiger partial charge >= 0.3 is 0 Å². The van der Waals surface area contributed by atoms with Crippen molar-refractivity contribution in [2.75, 3.05) is 33.2 Å². The predicted molar refractivity (Wildman–Crippen MR) is 65.5 cm³/mol. The number of carbonyl (C=O) groups excluding carboxylic acids is 1. The van der Waals surface area contributed by atoms with Crippen LogP contribution < -0.4 is 0 Å². The Balaban J connectivity index is 2.00. The van der Waals surface area contributed by atoms with Crippen LogP contribution in [0.25, 0.3) is 0 Å². The highest BCUT2D eigenvalue weighted by Gasteiger charge is 2.25. The molecule has 4 heteroatoms. The van der Waals surface area contributed by atoms with Crippen LogP contribution in [0.4, 0.5) is 0 Å². The van der Waals surface area contributed by atoms with Crippen LogP contribution in [0, 0.1) is 0 Å². The normalized spacial score (nSPS) is 19.1. The maximum absolute atomic E-state index is 12.1. The second-order valence-corrected chi connectivity index (χ2v) is 4.44. The van der Waals surface area contributed by atoms with Gasteiger partial charge in [-0.25, -0.2) is 0 Å². The topological polar surface area (TPSA) is 43.8 Å². The SMILES string of the molecule is CN1CCN(C(=O)C(O)c2ccccc2)CC1. The average Bonchev–Trinajstić information content (AvgIpc) is 2.39. The zero-order chi connectivity index (χ0) is 12.3. The fourth-order valence-electron chi connectivity index (χ4n) is 1.98.